The van der Waals surface area contributed by atoms with E-state index in [9.17, 15) is 0 Å². The zero-order chi connectivity index (χ0) is 50.4. The second-order valence-corrected chi connectivity index (χ2v) is 20.9. The van der Waals surface area contributed by atoms with Crippen LogP contribution in [0.1, 0.15) is 44.5 Å². The lowest BCUT2D eigenvalue weighted by Crippen LogP contribution is -2.32. The molecular weight excluding hydrogens is 935 g/mol. The van der Waals surface area contributed by atoms with Gasteiger partial charge in [0.2, 0.25) is 0 Å². The summed E-state index contributed by atoms with van der Waals surface area (Å²) in [5.74, 6) is 3.51. The molecule has 0 saturated carbocycles. The molecule has 3 heteroatoms. The van der Waals surface area contributed by atoms with Gasteiger partial charge in [0.25, 0.3) is 0 Å². The van der Waals surface area contributed by atoms with Crippen molar-refractivity contribution in [3.8, 4) is 56.4 Å². The Morgan fingerprint density at radius 3 is 1.03 bits per heavy atom. The molecule has 2 spiro atoms. The summed E-state index contributed by atoms with van der Waals surface area (Å²) >= 11 is 0. The largest absolute Gasteiger partial charge is 0.457 e. The molecule has 77 heavy (non-hydrogen) atoms. The lowest BCUT2D eigenvalue weighted by Gasteiger charge is -2.40. The first kappa shape index (κ1) is 42.4. The molecule has 3 nitrogen and oxygen atoms in total. The molecule has 0 N–H and O–H groups in total. The van der Waals surface area contributed by atoms with E-state index in [2.05, 4.69) is 278 Å². The topological polar surface area (TPSA) is 21.7 Å². The van der Waals surface area contributed by atoms with Gasteiger partial charge in [0.05, 0.1) is 22.2 Å². The van der Waals surface area contributed by atoms with Crippen LogP contribution in [-0.4, -0.2) is 0 Å². The number of anilines is 3. The van der Waals surface area contributed by atoms with E-state index in [1.807, 2.05) is 0 Å². The SMILES string of the molecule is c1ccc2c(c1)Oc1ccccc1C21c2ccccc2-c2c(N(c3ccc(-c4ccc5c6ccccc6c6ccccc6c5c4)cc3)c3cccc4c3-c3ccccc3C43c4ccccc4Oc4ccccc43)cccc21. The van der Waals surface area contributed by atoms with E-state index in [4.69, 9.17) is 9.47 Å². The van der Waals surface area contributed by atoms with Crippen LogP contribution >= 0.6 is 0 Å². The van der Waals surface area contributed by atoms with Crippen LogP contribution in [0.15, 0.2) is 273 Å². The molecule has 0 radical (unpaired) electrons. The van der Waals surface area contributed by atoms with Crippen LogP contribution in [-0.2, 0) is 10.8 Å². The lowest BCUT2D eigenvalue weighted by atomic mass is 9.66. The monoisotopic (exact) mass is 979 g/mol. The molecule has 0 aromatic heterocycles. The van der Waals surface area contributed by atoms with E-state index in [0.717, 1.165) is 67.9 Å². The summed E-state index contributed by atoms with van der Waals surface area (Å²) in [6.07, 6.45) is 0. The van der Waals surface area contributed by atoms with Gasteiger partial charge in [0.1, 0.15) is 23.0 Å². The maximum absolute atomic E-state index is 6.79. The highest BCUT2D eigenvalue weighted by Crippen LogP contribution is 2.67. The number of nitrogens with zero attached hydrogens (tertiary/aromatic N) is 1. The minimum Gasteiger partial charge on any atom is -0.457 e. The molecule has 0 amide bonds. The van der Waals surface area contributed by atoms with Crippen molar-refractivity contribution < 1.29 is 9.47 Å². The van der Waals surface area contributed by atoms with Crippen LogP contribution in [0, 0.1) is 0 Å². The molecule has 2 aliphatic heterocycles. The minimum absolute atomic E-state index is 0.640. The first-order valence-electron chi connectivity index (χ1n) is 26.7. The van der Waals surface area contributed by atoms with E-state index < -0.39 is 10.8 Å². The minimum atomic E-state index is -0.640. The molecule has 2 heterocycles. The highest BCUT2D eigenvalue weighted by Gasteiger charge is 2.54. The van der Waals surface area contributed by atoms with Gasteiger partial charge in [0, 0.05) is 39.1 Å². The van der Waals surface area contributed by atoms with Crippen LogP contribution in [0.5, 0.6) is 23.0 Å². The fourth-order valence-corrected chi connectivity index (χ4v) is 14.4. The zero-order valence-electron chi connectivity index (χ0n) is 41.7. The van der Waals surface area contributed by atoms with Gasteiger partial charge in [-0.3, -0.25) is 0 Å². The number of ether oxygens (including phenoxy) is 2. The van der Waals surface area contributed by atoms with Crippen LogP contribution in [0.25, 0.3) is 65.7 Å². The molecule has 13 aromatic carbocycles. The Hall–Kier alpha value is -9.96. The Balaban J connectivity index is 0.939. The third-order valence-electron chi connectivity index (χ3n) is 17.4. The second-order valence-electron chi connectivity index (χ2n) is 20.9. The number of benzene rings is 13. The van der Waals surface area contributed by atoms with Gasteiger partial charge >= 0.3 is 0 Å². The molecular formula is C74H45NO2. The highest BCUT2D eigenvalue weighted by atomic mass is 16.5. The van der Waals surface area contributed by atoms with Crippen molar-refractivity contribution in [3.05, 3.63) is 317 Å². The quantitative estimate of drug-likeness (QED) is 0.164. The second kappa shape index (κ2) is 15.8. The number of rotatable bonds is 4. The van der Waals surface area contributed by atoms with E-state index in [1.165, 1.54) is 82.4 Å². The first-order chi connectivity index (χ1) is 38.2. The highest BCUT2D eigenvalue weighted by molar-refractivity contribution is 6.25. The summed E-state index contributed by atoms with van der Waals surface area (Å²) in [6, 6.07) is 101. The van der Waals surface area contributed by atoms with Crippen LogP contribution in [0.4, 0.5) is 17.1 Å². The molecule has 0 atom stereocenters. The van der Waals surface area contributed by atoms with E-state index in [0.29, 0.717) is 0 Å². The van der Waals surface area contributed by atoms with Crippen molar-refractivity contribution in [2.75, 3.05) is 4.90 Å². The van der Waals surface area contributed by atoms with Crippen LogP contribution in [0.3, 0.4) is 0 Å². The summed E-state index contributed by atoms with van der Waals surface area (Å²) in [6.45, 7) is 0. The van der Waals surface area contributed by atoms with Crippen LogP contribution in [0.2, 0.25) is 0 Å². The van der Waals surface area contributed by atoms with Gasteiger partial charge in [-0.05, 0) is 131 Å². The van der Waals surface area contributed by atoms with Gasteiger partial charge in [-0.25, -0.2) is 0 Å². The maximum atomic E-state index is 6.79. The smallest absolute Gasteiger partial charge is 0.132 e. The number of fused-ring (bicyclic) bond motifs is 24. The fourth-order valence-electron chi connectivity index (χ4n) is 14.4. The molecule has 0 saturated heterocycles. The molecule has 4 aliphatic rings. The molecule has 2 aliphatic carbocycles. The summed E-state index contributed by atoms with van der Waals surface area (Å²) in [4.78, 5) is 2.56. The average Bonchev–Trinajstić information content (AvgIpc) is 3.79. The molecule has 17 rings (SSSR count). The van der Waals surface area contributed by atoms with Crippen molar-refractivity contribution in [1.29, 1.82) is 0 Å². The Morgan fingerprint density at radius 2 is 0.584 bits per heavy atom. The van der Waals surface area contributed by atoms with E-state index in [1.54, 1.807) is 0 Å². The fraction of sp³-hybridized carbons (Fsp3) is 0.0270. The average molecular weight is 980 g/mol. The van der Waals surface area contributed by atoms with Gasteiger partial charge in [-0.1, -0.05) is 218 Å². The molecule has 0 fully saturated rings. The molecule has 358 valence electrons. The maximum Gasteiger partial charge on any atom is 0.132 e. The zero-order valence-corrected chi connectivity index (χ0v) is 41.7. The molecule has 13 aromatic rings. The Labute approximate surface area is 446 Å². The summed E-state index contributed by atoms with van der Waals surface area (Å²) in [5, 5.41) is 7.62. The normalized spacial score (nSPS) is 14.1. The lowest BCUT2D eigenvalue weighted by molar-refractivity contribution is 0.436. The van der Waals surface area contributed by atoms with E-state index >= 15 is 0 Å². The standard InChI is InChI=1S/C74H45NO2/c1-2-21-51-49(19-1)50-20-3-4-22-52(50)56-45-47(41-44-53(51)56)46-39-42-48(43-40-46)75(65-33-17-31-63-71(65)54-23-5-7-25-57(54)73(63)59-27-9-13-35-67(59)76-68-36-14-10-28-60(68)73)66-34-18-32-64-72(66)55-24-6-8-26-58(55)74(64)61-29-11-15-37-69(61)77-70-38-16-12-30-62(70)74/h1-45H. The van der Waals surface area contributed by atoms with Crippen LogP contribution < -0.4 is 14.4 Å². The van der Waals surface area contributed by atoms with Crippen molar-refractivity contribution in [1.82, 2.24) is 0 Å². The number of hydrogen-bond donors (Lipinski definition) is 0. The third-order valence-corrected chi connectivity index (χ3v) is 17.4. The first-order valence-corrected chi connectivity index (χ1v) is 26.7. The van der Waals surface area contributed by atoms with Gasteiger partial charge in [-0.2, -0.15) is 0 Å². The molecule has 0 bridgehead atoms. The Kier molecular flexibility index (Phi) is 8.69. The van der Waals surface area contributed by atoms with Crippen molar-refractivity contribution >= 4 is 49.4 Å². The van der Waals surface area contributed by atoms with Crippen molar-refractivity contribution in [2.45, 2.75) is 10.8 Å². The van der Waals surface area contributed by atoms with E-state index in [-0.39, 0.29) is 0 Å². The summed E-state index contributed by atoms with van der Waals surface area (Å²) in [7, 11) is 0. The number of hydrogen-bond acceptors (Lipinski definition) is 3. The predicted octanol–water partition coefficient (Wildman–Crippen LogP) is 19.2. The van der Waals surface area contributed by atoms with Gasteiger partial charge in [0.15, 0.2) is 0 Å². The van der Waals surface area contributed by atoms with Crippen molar-refractivity contribution in [2.24, 2.45) is 0 Å². The Morgan fingerprint density at radius 1 is 0.247 bits per heavy atom. The molecule has 0 unspecified atom stereocenters. The summed E-state index contributed by atoms with van der Waals surface area (Å²) < 4.78 is 13.6. The van der Waals surface area contributed by atoms with Crippen molar-refractivity contribution in [3.63, 3.8) is 0 Å². The Bertz CT molecular complexity index is 4340. The van der Waals surface area contributed by atoms with Gasteiger partial charge < -0.3 is 14.4 Å². The summed E-state index contributed by atoms with van der Waals surface area (Å²) in [5.41, 5.74) is 18.7. The van der Waals surface area contributed by atoms with Gasteiger partial charge in [-0.15, -0.1) is 0 Å². The predicted molar refractivity (Wildman–Crippen MR) is 314 cm³/mol. The third kappa shape index (κ3) is 5.54. The number of para-hydroxylation sites is 4.